The fourth-order valence-electron chi connectivity index (χ4n) is 1.95. The molecule has 0 fully saturated rings. The summed E-state index contributed by atoms with van der Waals surface area (Å²) in [5, 5.41) is 12.0. The minimum atomic E-state index is -0.411. The fraction of sp³-hybridized carbons (Fsp3) is 0.111. The molecule has 0 saturated heterocycles. The van der Waals surface area contributed by atoms with Gasteiger partial charge in [-0.2, -0.15) is 5.26 Å². The molecule has 0 bridgehead atoms. The second kappa shape index (κ2) is 7.79. The maximum atomic E-state index is 12.2. The molecule has 0 saturated carbocycles. The van der Waals surface area contributed by atoms with E-state index in [1.807, 2.05) is 67.5 Å². The van der Waals surface area contributed by atoms with Crippen molar-refractivity contribution in [2.45, 2.75) is 0 Å². The predicted molar refractivity (Wildman–Crippen MR) is 102 cm³/mol. The summed E-state index contributed by atoms with van der Waals surface area (Å²) in [6, 6.07) is 17.0. The largest absolute Gasteiger partial charge is 0.378 e. The quantitative estimate of drug-likeness (QED) is 0.467. The standard InChI is InChI=1S/C18H16IN3O/c1-22(2)17-8-6-13(7-9-17)10-14(12-20)18(23)21-16-5-3-4-15(19)11-16/h3-11H,1-2H3,(H,21,23)/b14-10+. The summed E-state index contributed by atoms with van der Waals surface area (Å²) in [6.45, 7) is 0. The molecule has 0 heterocycles. The van der Waals surface area contributed by atoms with E-state index >= 15 is 0 Å². The molecule has 0 aliphatic heterocycles. The van der Waals surface area contributed by atoms with Crippen molar-refractivity contribution in [3.05, 3.63) is 63.2 Å². The van der Waals surface area contributed by atoms with Crippen LogP contribution in [0.2, 0.25) is 0 Å². The van der Waals surface area contributed by atoms with Gasteiger partial charge in [-0.05, 0) is 64.6 Å². The van der Waals surface area contributed by atoms with Crippen molar-refractivity contribution in [3.63, 3.8) is 0 Å². The van der Waals surface area contributed by atoms with Crippen LogP contribution in [0.15, 0.2) is 54.1 Å². The van der Waals surface area contributed by atoms with E-state index < -0.39 is 5.91 Å². The first kappa shape index (κ1) is 17.0. The molecule has 5 heteroatoms. The van der Waals surface area contributed by atoms with Crippen LogP contribution in [0.4, 0.5) is 11.4 Å². The highest BCUT2D eigenvalue weighted by molar-refractivity contribution is 14.1. The Hall–Kier alpha value is -2.33. The molecule has 2 rings (SSSR count). The normalized spacial score (nSPS) is 10.8. The molecule has 1 amide bonds. The van der Waals surface area contributed by atoms with E-state index in [-0.39, 0.29) is 5.57 Å². The Kier molecular flexibility index (Phi) is 5.77. The second-order valence-corrected chi connectivity index (χ2v) is 6.37. The number of carbonyl (C=O) groups excluding carboxylic acids is 1. The third-order valence-electron chi connectivity index (χ3n) is 3.17. The highest BCUT2D eigenvalue weighted by atomic mass is 127. The lowest BCUT2D eigenvalue weighted by Gasteiger charge is -2.12. The SMILES string of the molecule is CN(C)c1ccc(/C=C(\C#N)C(=O)Nc2cccc(I)c2)cc1. The van der Waals surface area contributed by atoms with E-state index in [1.54, 1.807) is 12.1 Å². The molecule has 0 atom stereocenters. The van der Waals surface area contributed by atoms with Crippen LogP contribution >= 0.6 is 22.6 Å². The zero-order valence-corrected chi connectivity index (χ0v) is 15.0. The van der Waals surface area contributed by atoms with E-state index in [0.717, 1.165) is 14.8 Å². The van der Waals surface area contributed by atoms with E-state index in [9.17, 15) is 10.1 Å². The Balaban J connectivity index is 2.18. The molecular weight excluding hydrogens is 401 g/mol. The third-order valence-corrected chi connectivity index (χ3v) is 3.84. The van der Waals surface area contributed by atoms with E-state index in [2.05, 4.69) is 27.9 Å². The van der Waals surface area contributed by atoms with Crippen molar-refractivity contribution in [3.8, 4) is 6.07 Å². The van der Waals surface area contributed by atoms with Crippen LogP contribution < -0.4 is 10.2 Å². The third kappa shape index (κ3) is 4.83. The second-order valence-electron chi connectivity index (χ2n) is 5.12. The fourth-order valence-corrected chi connectivity index (χ4v) is 2.49. The first-order valence-corrected chi connectivity index (χ1v) is 8.03. The maximum Gasteiger partial charge on any atom is 0.266 e. The number of nitrogens with zero attached hydrogens (tertiary/aromatic N) is 2. The number of rotatable bonds is 4. The summed E-state index contributed by atoms with van der Waals surface area (Å²) >= 11 is 2.17. The number of anilines is 2. The lowest BCUT2D eigenvalue weighted by molar-refractivity contribution is -0.112. The lowest BCUT2D eigenvalue weighted by atomic mass is 10.1. The van der Waals surface area contributed by atoms with Crippen molar-refractivity contribution < 1.29 is 4.79 Å². The van der Waals surface area contributed by atoms with Gasteiger partial charge in [-0.1, -0.05) is 18.2 Å². The minimum Gasteiger partial charge on any atom is -0.378 e. The topological polar surface area (TPSA) is 56.1 Å². The highest BCUT2D eigenvalue weighted by Gasteiger charge is 2.09. The number of nitriles is 1. The van der Waals surface area contributed by atoms with Gasteiger partial charge in [0.15, 0.2) is 0 Å². The maximum absolute atomic E-state index is 12.2. The molecule has 0 aliphatic carbocycles. The number of amides is 1. The van der Waals surface area contributed by atoms with Gasteiger partial charge in [0.2, 0.25) is 0 Å². The lowest BCUT2D eigenvalue weighted by Crippen LogP contribution is -2.13. The average Bonchev–Trinajstić information content (AvgIpc) is 2.53. The minimum absolute atomic E-state index is 0.0708. The van der Waals surface area contributed by atoms with Gasteiger partial charge in [-0.15, -0.1) is 0 Å². The first-order valence-electron chi connectivity index (χ1n) is 6.95. The Labute approximate surface area is 149 Å². The number of halogens is 1. The van der Waals surface area contributed by atoms with Crippen molar-refractivity contribution in [1.82, 2.24) is 0 Å². The zero-order chi connectivity index (χ0) is 16.8. The van der Waals surface area contributed by atoms with Crippen molar-refractivity contribution >= 4 is 45.9 Å². The van der Waals surface area contributed by atoms with E-state index in [0.29, 0.717) is 5.69 Å². The van der Waals surface area contributed by atoms with Crippen molar-refractivity contribution in [2.24, 2.45) is 0 Å². The Bertz CT molecular complexity index is 774. The molecule has 4 nitrogen and oxygen atoms in total. The molecule has 0 aromatic heterocycles. The molecule has 0 unspecified atom stereocenters. The highest BCUT2D eigenvalue weighted by Crippen LogP contribution is 2.16. The molecule has 116 valence electrons. The average molecular weight is 417 g/mol. The first-order chi connectivity index (χ1) is 11.0. The molecule has 23 heavy (non-hydrogen) atoms. The zero-order valence-electron chi connectivity index (χ0n) is 12.9. The Morgan fingerprint density at radius 1 is 1.22 bits per heavy atom. The monoisotopic (exact) mass is 417 g/mol. The van der Waals surface area contributed by atoms with Crippen molar-refractivity contribution in [2.75, 3.05) is 24.3 Å². The van der Waals surface area contributed by atoms with Crippen LogP contribution in [-0.4, -0.2) is 20.0 Å². The van der Waals surface area contributed by atoms with E-state index in [1.165, 1.54) is 0 Å². The van der Waals surface area contributed by atoms with Crippen molar-refractivity contribution in [1.29, 1.82) is 5.26 Å². The smallest absolute Gasteiger partial charge is 0.266 e. The van der Waals surface area contributed by atoms with Crippen LogP contribution in [0.25, 0.3) is 6.08 Å². The predicted octanol–water partition coefficient (Wildman–Crippen LogP) is 3.90. The number of benzene rings is 2. The molecule has 1 N–H and O–H groups in total. The molecule has 0 spiro atoms. The summed E-state index contributed by atoms with van der Waals surface area (Å²) in [7, 11) is 3.92. The molecular formula is C18H16IN3O. The molecule has 2 aromatic rings. The summed E-state index contributed by atoms with van der Waals surface area (Å²) in [4.78, 5) is 14.2. The Morgan fingerprint density at radius 2 is 1.91 bits per heavy atom. The van der Waals surface area contributed by atoms with Gasteiger partial charge in [-0.25, -0.2) is 0 Å². The molecule has 0 aliphatic rings. The summed E-state index contributed by atoms with van der Waals surface area (Å²) in [5.41, 5.74) is 2.61. The van der Waals surface area contributed by atoms with Gasteiger partial charge >= 0.3 is 0 Å². The Morgan fingerprint density at radius 3 is 2.48 bits per heavy atom. The van der Waals surface area contributed by atoms with E-state index in [4.69, 9.17) is 0 Å². The number of carbonyl (C=O) groups is 1. The van der Waals surface area contributed by atoms with Crippen LogP contribution in [0.5, 0.6) is 0 Å². The van der Waals surface area contributed by atoms with Gasteiger partial charge in [-0.3, -0.25) is 4.79 Å². The number of hydrogen-bond acceptors (Lipinski definition) is 3. The number of nitrogens with one attached hydrogen (secondary N) is 1. The van der Waals surface area contributed by atoms with Gasteiger partial charge in [0.25, 0.3) is 5.91 Å². The summed E-state index contributed by atoms with van der Waals surface area (Å²) in [6.07, 6.45) is 1.59. The molecule has 2 aromatic carbocycles. The van der Waals surface area contributed by atoms with Crippen LogP contribution in [0.1, 0.15) is 5.56 Å². The summed E-state index contributed by atoms with van der Waals surface area (Å²) < 4.78 is 1.02. The van der Waals surface area contributed by atoms with Gasteiger partial charge in [0, 0.05) is 29.0 Å². The number of hydrogen-bond donors (Lipinski definition) is 1. The summed E-state index contributed by atoms with van der Waals surface area (Å²) in [5.74, 6) is -0.411. The molecule has 0 radical (unpaired) electrons. The van der Waals surface area contributed by atoms with Crippen LogP contribution in [0.3, 0.4) is 0 Å². The van der Waals surface area contributed by atoms with Crippen LogP contribution in [-0.2, 0) is 4.79 Å². The van der Waals surface area contributed by atoms with Gasteiger partial charge in [0.05, 0.1) is 0 Å². The van der Waals surface area contributed by atoms with Gasteiger partial charge < -0.3 is 10.2 Å². The van der Waals surface area contributed by atoms with Gasteiger partial charge in [0.1, 0.15) is 11.6 Å². The van der Waals surface area contributed by atoms with Crippen LogP contribution in [0, 0.1) is 14.9 Å².